The van der Waals surface area contributed by atoms with Gasteiger partial charge in [-0.15, -0.1) is 0 Å². The summed E-state index contributed by atoms with van der Waals surface area (Å²) in [6, 6.07) is 9.56. The normalized spacial score (nSPS) is 11.4. The van der Waals surface area contributed by atoms with Gasteiger partial charge in [-0.25, -0.2) is 0 Å². The highest BCUT2D eigenvalue weighted by Gasteiger charge is 2.31. The molecule has 0 aromatic heterocycles. The van der Waals surface area contributed by atoms with Gasteiger partial charge in [-0.1, -0.05) is 29.8 Å². The standard InChI is InChI=1S/C15H10ClF3O2/c16-12-4-1-9(2-5-12)13-6-3-11(15(17,18)19)7-10(13)8-14(20)21/h1-7H,8H2,(H,20,21). The van der Waals surface area contributed by atoms with Gasteiger partial charge in [0.05, 0.1) is 12.0 Å². The largest absolute Gasteiger partial charge is 0.481 e. The Morgan fingerprint density at radius 3 is 2.24 bits per heavy atom. The van der Waals surface area contributed by atoms with Gasteiger partial charge in [0, 0.05) is 5.02 Å². The van der Waals surface area contributed by atoms with Crippen molar-refractivity contribution in [1.29, 1.82) is 0 Å². The number of aliphatic carboxylic acids is 1. The molecule has 0 bridgehead atoms. The minimum atomic E-state index is -4.51. The van der Waals surface area contributed by atoms with Crippen LogP contribution in [0.5, 0.6) is 0 Å². The molecule has 0 unspecified atom stereocenters. The molecule has 0 aliphatic rings. The monoisotopic (exact) mass is 314 g/mol. The molecular formula is C15H10ClF3O2. The fourth-order valence-corrected chi connectivity index (χ4v) is 2.12. The van der Waals surface area contributed by atoms with Crippen LogP contribution in [0.25, 0.3) is 11.1 Å². The second kappa shape index (κ2) is 5.77. The maximum Gasteiger partial charge on any atom is 0.416 e. The van der Waals surface area contributed by atoms with Gasteiger partial charge in [0.1, 0.15) is 0 Å². The lowest BCUT2D eigenvalue weighted by Crippen LogP contribution is -2.08. The molecule has 0 saturated heterocycles. The third kappa shape index (κ3) is 3.76. The van der Waals surface area contributed by atoms with E-state index in [1.54, 1.807) is 24.3 Å². The third-order valence-electron chi connectivity index (χ3n) is 2.93. The smallest absolute Gasteiger partial charge is 0.416 e. The first-order valence-corrected chi connectivity index (χ1v) is 6.33. The summed E-state index contributed by atoms with van der Waals surface area (Å²) in [6.07, 6.45) is -4.99. The topological polar surface area (TPSA) is 37.3 Å². The number of carboxylic acids is 1. The van der Waals surface area contributed by atoms with E-state index in [0.29, 0.717) is 16.1 Å². The van der Waals surface area contributed by atoms with Crippen LogP contribution in [-0.4, -0.2) is 11.1 Å². The molecule has 0 spiro atoms. The van der Waals surface area contributed by atoms with E-state index in [1.165, 1.54) is 6.07 Å². The lowest BCUT2D eigenvalue weighted by molar-refractivity contribution is -0.138. The molecule has 0 fully saturated rings. The maximum atomic E-state index is 12.7. The van der Waals surface area contributed by atoms with E-state index in [2.05, 4.69) is 0 Å². The van der Waals surface area contributed by atoms with Crippen molar-refractivity contribution in [1.82, 2.24) is 0 Å². The molecule has 0 aliphatic heterocycles. The fourth-order valence-electron chi connectivity index (χ4n) is 1.99. The number of carbonyl (C=O) groups is 1. The van der Waals surface area contributed by atoms with Crippen molar-refractivity contribution < 1.29 is 23.1 Å². The number of halogens is 4. The average molecular weight is 315 g/mol. The van der Waals surface area contributed by atoms with Crippen LogP contribution < -0.4 is 0 Å². The molecule has 110 valence electrons. The molecule has 0 atom stereocenters. The second-order valence-electron chi connectivity index (χ2n) is 4.45. The first kappa shape index (κ1) is 15.4. The lowest BCUT2D eigenvalue weighted by Gasteiger charge is -2.13. The summed E-state index contributed by atoms with van der Waals surface area (Å²) in [5, 5.41) is 9.36. The second-order valence-corrected chi connectivity index (χ2v) is 4.88. The van der Waals surface area contributed by atoms with E-state index in [-0.39, 0.29) is 5.56 Å². The van der Waals surface area contributed by atoms with Crippen LogP contribution in [0, 0.1) is 0 Å². The van der Waals surface area contributed by atoms with Gasteiger partial charge in [-0.3, -0.25) is 4.79 Å². The predicted octanol–water partition coefficient (Wildman–Crippen LogP) is 4.65. The first-order valence-electron chi connectivity index (χ1n) is 5.95. The molecule has 2 rings (SSSR count). The quantitative estimate of drug-likeness (QED) is 0.895. The summed E-state index contributed by atoms with van der Waals surface area (Å²) >= 11 is 5.77. The third-order valence-corrected chi connectivity index (χ3v) is 3.18. The SMILES string of the molecule is O=C(O)Cc1cc(C(F)(F)F)ccc1-c1ccc(Cl)cc1. The number of alkyl halides is 3. The average Bonchev–Trinajstić information content (AvgIpc) is 2.38. The summed E-state index contributed by atoms with van der Waals surface area (Å²) in [7, 11) is 0. The molecule has 2 nitrogen and oxygen atoms in total. The van der Waals surface area contributed by atoms with Gasteiger partial charge in [0.2, 0.25) is 0 Å². The summed E-state index contributed by atoms with van der Waals surface area (Å²) < 4.78 is 38.2. The number of carboxylic acid groups (broad SMARTS) is 1. The zero-order valence-corrected chi connectivity index (χ0v) is 11.4. The van der Waals surface area contributed by atoms with Crippen molar-refractivity contribution >= 4 is 17.6 Å². The van der Waals surface area contributed by atoms with E-state index < -0.39 is 24.1 Å². The molecule has 2 aromatic carbocycles. The molecule has 0 aliphatic carbocycles. The van der Waals surface area contributed by atoms with Crippen molar-refractivity contribution in [2.45, 2.75) is 12.6 Å². The Morgan fingerprint density at radius 1 is 1.10 bits per heavy atom. The number of benzene rings is 2. The Kier molecular flexibility index (Phi) is 4.23. The van der Waals surface area contributed by atoms with Crippen LogP contribution in [0.1, 0.15) is 11.1 Å². The minimum absolute atomic E-state index is 0.111. The van der Waals surface area contributed by atoms with Crippen LogP contribution in [0.15, 0.2) is 42.5 Å². The van der Waals surface area contributed by atoms with Crippen molar-refractivity contribution in [3.05, 3.63) is 58.6 Å². The van der Waals surface area contributed by atoms with Crippen molar-refractivity contribution in [3.8, 4) is 11.1 Å². The van der Waals surface area contributed by atoms with Crippen molar-refractivity contribution in [3.63, 3.8) is 0 Å². The molecule has 0 amide bonds. The molecular weight excluding hydrogens is 305 g/mol. The minimum Gasteiger partial charge on any atom is -0.481 e. The summed E-state index contributed by atoms with van der Waals surface area (Å²) in [4.78, 5) is 10.9. The Morgan fingerprint density at radius 2 is 1.71 bits per heavy atom. The zero-order valence-electron chi connectivity index (χ0n) is 10.6. The summed E-state index contributed by atoms with van der Waals surface area (Å²) in [6.45, 7) is 0. The Balaban J connectivity index is 2.54. The van der Waals surface area contributed by atoms with Crippen LogP contribution in [0.3, 0.4) is 0 Å². The Labute approximate surface area is 123 Å². The molecule has 21 heavy (non-hydrogen) atoms. The lowest BCUT2D eigenvalue weighted by atomic mass is 9.95. The van der Waals surface area contributed by atoms with Crippen molar-refractivity contribution in [2.24, 2.45) is 0 Å². The summed E-state index contributed by atoms with van der Waals surface area (Å²) in [5.41, 5.74) is 0.308. The molecule has 1 N–H and O–H groups in total. The summed E-state index contributed by atoms with van der Waals surface area (Å²) in [5.74, 6) is -1.19. The predicted molar refractivity (Wildman–Crippen MR) is 73.2 cm³/mol. The fraction of sp³-hybridized carbons (Fsp3) is 0.133. The highest BCUT2D eigenvalue weighted by Crippen LogP contribution is 2.34. The van der Waals surface area contributed by atoms with Crippen LogP contribution >= 0.6 is 11.6 Å². The van der Waals surface area contributed by atoms with Gasteiger partial charge in [0.25, 0.3) is 0 Å². The van der Waals surface area contributed by atoms with E-state index in [0.717, 1.165) is 12.1 Å². The molecule has 0 saturated carbocycles. The van der Waals surface area contributed by atoms with E-state index in [4.69, 9.17) is 16.7 Å². The Bertz CT molecular complexity index is 664. The Hall–Kier alpha value is -2.01. The van der Waals surface area contributed by atoms with Gasteiger partial charge in [-0.05, 0) is 41.0 Å². The molecule has 6 heteroatoms. The van der Waals surface area contributed by atoms with Gasteiger partial charge >= 0.3 is 12.1 Å². The van der Waals surface area contributed by atoms with Gasteiger partial charge in [0.15, 0.2) is 0 Å². The molecule has 2 aromatic rings. The highest BCUT2D eigenvalue weighted by molar-refractivity contribution is 6.30. The highest BCUT2D eigenvalue weighted by atomic mass is 35.5. The van der Waals surface area contributed by atoms with E-state index in [9.17, 15) is 18.0 Å². The molecule has 0 heterocycles. The van der Waals surface area contributed by atoms with E-state index >= 15 is 0 Å². The van der Waals surface area contributed by atoms with Crippen molar-refractivity contribution in [2.75, 3.05) is 0 Å². The van der Waals surface area contributed by atoms with Crippen LogP contribution in [0.4, 0.5) is 13.2 Å². The maximum absolute atomic E-state index is 12.7. The molecule has 0 radical (unpaired) electrons. The first-order chi connectivity index (χ1) is 9.77. The number of hydrogen-bond donors (Lipinski definition) is 1. The van der Waals surface area contributed by atoms with Crippen LogP contribution in [0.2, 0.25) is 5.02 Å². The van der Waals surface area contributed by atoms with E-state index in [1.807, 2.05) is 0 Å². The number of hydrogen-bond acceptors (Lipinski definition) is 1. The van der Waals surface area contributed by atoms with Gasteiger partial charge < -0.3 is 5.11 Å². The van der Waals surface area contributed by atoms with Crippen LogP contribution in [-0.2, 0) is 17.4 Å². The van der Waals surface area contributed by atoms with Gasteiger partial charge in [-0.2, -0.15) is 13.2 Å². The zero-order chi connectivity index (χ0) is 15.6. The number of rotatable bonds is 3.